The van der Waals surface area contributed by atoms with E-state index in [0.29, 0.717) is 0 Å². The third-order valence-corrected chi connectivity index (χ3v) is 7.91. The summed E-state index contributed by atoms with van der Waals surface area (Å²) in [5.41, 5.74) is 0. The van der Waals surface area contributed by atoms with E-state index >= 15 is 0 Å². The summed E-state index contributed by atoms with van der Waals surface area (Å²) >= 11 is 0. The molecular weight excluding hydrogens is 276 g/mol. The van der Waals surface area contributed by atoms with Crippen molar-refractivity contribution in [3.8, 4) is 0 Å². The summed E-state index contributed by atoms with van der Waals surface area (Å²) in [7, 11) is -2.48. The van der Waals surface area contributed by atoms with Crippen molar-refractivity contribution in [2.75, 3.05) is 0 Å². The fourth-order valence-corrected chi connectivity index (χ4v) is 6.76. The lowest BCUT2D eigenvalue weighted by molar-refractivity contribution is -0.132. The molecule has 0 fully saturated rings. The standard InChI is InChI=1S/C18H22O2Si/c1-3-4-15-21(20-16(2)19,17-11-7-5-8-12-17)18-13-9-6-10-14-18/h5-14H,3-4,15H2,1-2H3. The highest BCUT2D eigenvalue weighted by Crippen LogP contribution is 2.17. The van der Waals surface area contributed by atoms with Crippen LogP contribution in [0.15, 0.2) is 60.7 Å². The second-order valence-electron chi connectivity index (χ2n) is 5.26. The second kappa shape index (κ2) is 7.23. The Labute approximate surface area is 127 Å². The molecule has 0 aromatic heterocycles. The van der Waals surface area contributed by atoms with Crippen molar-refractivity contribution in [1.29, 1.82) is 0 Å². The largest absolute Gasteiger partial charge is 0.510 e. The third kappa shape index (κ3) is 3.61. The van der Waals surface area contributed by atoms with E-state index in [-0.39, 0.29) is 5.97 Å². The Kier molecular flexibility index (Phi) is 5.34. The number of unbranched alkanes of at least 4 members (excludes halogenated alkanes) is 1. The van der Waals surface area contributed by atoms with Gasteiger partial charge in [0.2, 0.25) is 0 Å². The lowest BCUT2D eigenvalue weighted by Crippen LogP contribution is -2.61. The first-order chi connectivity index (χ1) is 10.2. The molecule has 2 aromatic rings. The van der Waals surface area contributed by atoms with Gasteiger partial charge in [0.25, 0.3) is 5.97 Å². The van der Waals surface area contributed by atoms with Gasteiger partial charge in [0.1, 0.15) is 0 Å². The topological polar surface area (TPSA) is 26.3 Å². The summed E-state index contributed by atoms with van der Waals surface area (Å²) < 4.78 is 6.01. The van der Waals surface area contributed by atoms with E-state index in [1.54, 1.807) is 0 Å². The lowest BCUT2D eigenvalue weighted by atomic mass is 10.4. The Bertz CT molecular complexity index is 527. The van der Waals surface area contributed by atoms with Crippen LogP contribution >= 0.6 is 0 Å². The molecule has 2 rings (SSSR count). The van der Waals surface area contributed by atoms with Gasteiger partial charge < -0.3 is 4.43 Å². The van der Waals surface area contributed by atoms with Gasteiger partial charge in [-0.05, 0) is 16.4 Å². The number of benzene rings is 2. The zero-order valence-electron chi connectivity index (χ0n) is 12.7. The van der Waals surface area contributed by atoms with Gasteiger partial charge in [-0.3, -0.25) is 4.79 Å². The minimum absolute atomic E-state index is 0.189. The molecule has 0 bridgehead atoms. The molecule has 0 heterocycles. The number of hydrogen-bond acceptors (Lipinski definition) is 2. The van der Waals surface area contributed by atoms with Crippen molar-refractivity contribution in [2.45, 2.75) is 32.7 Å². The first-order valence-electron chi connectivity index (χ1n) is 7.49. The maximum absolute atomic E-state index is 11.8. The van der Waals surface area contributed by atoms with Crippen molar-refractivity contribution in [3.63, 3.8) is 0 Å². The molecule has 0 saturated heterocycles. The van der Waals surface area contributed by atoms with Crippen LogP contribution in [0, 0.1) is 0 Å². The summed E-state index contributed by atoms with van der Waals surface area (Å²) in [6.07, 6.45) is 2.15. The van der Waals surface area contributed by atoms with Crippen LogP contribution in [-0.2, 0) is 9.22 Å². The molecule has 0 aliphatic carbocycles. The molecule has 0 unspecified atom stereocenters. The van der Waals surface area contributed by atoms with Crippen LogP contribution in [0.1, 0.15) is 26.7 Å². The molecule has 0 saturated carbocycles. The van der Waals surface area contributed by atoms with Crippen LogP contribution in [0.5, 0.6) is 0 Å². The summed E-state index contributed by atoms with van der Waals surface area (Å²) in [6.45, 7) is 3.68. The van der Waals surface area contributed by atoms with E-state index in [0.717, 1.165) is 18.9 Å². The molecule has 0 radical (unpaired) electrons. The smallest absolute Gasteiger partial charge is 0.318 e. The number of carbonyl (C=O) groups is 1. The van der Waals surface area contributed by atoms with Crippen LogP contribution < -0.4 is 10.4 Å². The molecule has 0 aliphatic rings. The minimum atomic E-state index is -2.48. The average Bonchev–Trinajstić information content (AvgIpc) is 2.53. The van der Waals surface area contributed by atoms with Crippen LogP contribution in [0.3, 0.4) is 0 Å². The number of hydrogen-bond donors (Lipinski definition) is 0. The van der Waals surface area contributed by atoms with E-state index in [2.05, 4.69) is 31.2 Å². The molecule has 0 aliphatic heterocycles. The molecule has 2 aromatic carbocycles. The van der Waals surface area contributed by atoms with Crippen molar-refractivity contribution >= 4 is 24.7 Å². The van der Waals surface area contributed by atoms with Crippen molar-refractivity contribution < 1.29 is 9.22 Å². The molecule has 0 amide bonds. The Morgan fingerprint density at radius 2 is 1.43 bits per heavy atom. The van der Waals surface area contributed by atoms with Gasteiger partial charge in [0.05, 0.1) is 0 Å². The molecule has 0 N–H and O–H groups in total. The molecule has 0 atom stereocenters. The van der Waals surface area contributed by atoms with Crippen LogP contribution in [0.4, 0.5) is 0 Å². The van der Waals surface area contributed by atoms with E-state index in [1.807, 2.05) is 36.4 Å². The normalized spacial score (nSPS) is 11.1. The predicted molar refractivity (Wildman–Crippen MR) is 89.4 cm³/mol. The van der Waals surface area contributed by atoms with Crippen molar-refractivity contribution in [3.05, 3.63) is 60.7 Å². The highest BCUT2D eigenvalue weighted by atomic mass is 28.4. The summed E-state index contributed by atoms with van der Waals surface area (Å²) in [5.74, 6) is -0.189. The van der Waals surface area contributed by atoms with Crippen molar-refractivity contribution in [2.24, 2.45) is 0 Å². The number of carbonyl (C=O) groups excluding carboxylic acids is 1. The Balaban J connectivity index is 2.56. The predicted octanol–water partition coefficient (Wildman–Crippen LogP) is 3.11. The van der Waals surface area contributed by atoms with Crippen LogP contribution in [0.2, 0.25) is 6.04 Å². The fraction of sp³-hybridized carbons (Fsp3) is 0.278. The zero-order valence-corrected chi connectivity index (χ0v) is 13.7. The maximum Gasteiger partial charge on any atom is 0.318 e. The van der Waals surface area contributed by atoms with Gasteiger partial charge in [-0.1, -0.05) is 80.4 Å². The molecular formula is C18H22O2Si. The highest BCUT2D eigenvalue weighted by molar-refractivity contribution is 6.98. The maximum atomic E-state index is 11.8. The van der Waals surface area contributed by atoms with Crippen LogP contribution in [-0.4, -0.2) is 14.3 Å². The monoisotopic (exact) mass is 298 g/mol. The van der Waals surface area contributed by atoms with Gasteiger partial charge in [0.15, 0.2) is 0 Å². The Hall–Kier alpha value is -1.87. The van der Waals surface area contributed by atoms with E-state index in [1.165, 1.54) is 17.3 Å². The summed E-state index contributed by atoms with van der Waals surface area (Å²) in [6, 6.07) is 21.4. The first kappa shape index (κ1) is 15.5. The molecule has 3 heteroatoms. The highest BCUT2D eigenvalue weighted by Gasteiger charge is 2.41. The minimum Gasteiger partial charge on any atom is -0.510 e. The quantitative estimate of drug-likeness (QED) is 0.766. The van der Waals surface area contributed by atoms with Gasteiger partial charge in [-0.2, -0.15) is 0 Å². The van der Waals surface area contributed by atoms with E-state index < -0.39 is 8.32 Å². The molecule has 21 heavy (non-hydrogen) atoms. The molecule has 110 valence electrons. The lowest BCUT2D eigenvalue weighted by Gasteiger charge is -2.31. The Morgan fingerprint density at radius 1 is 0.952 bits per heavy atom. The summed E-state index contributed by atoms with van der Waals surface area (Å²) in [5, 5.41) is 2.33. The third-order valence-electron chi connectivity index (χ3n) is 3.68. The SMILES string of the molecule is CCCC[Si](OC(C)=O)(c1ccccc1)c1ccccc1. The average molecular weight is 298 g/mol. The van der Waals surface area contributed by atoms with E-state index in [4.69, 9.17) is 4.43 Å². The number of rotatable bonds is 6. The van der Waals surface area contributed by atoms with Crippen LogP contribution in [0.25, 0.3) is 0 Å². The first-order valence-corrected chi connectivity index (χ1v) is 9.61. The second-order valence-corrected chi connectivity index (χ2v) is 8.77. The van der Waals surface area contributed by atoms with Gasteiger partial charge in [-0.15, -0.1) is 0 Å². The Morgan fingerprint density at radius 3 is 1.81 bits per heavy atom. The zero-order chi connectivity index (χ0) is 15.1. The van der Waals surface area contributed by atoms with Gasteiger partial charge >= 0.3 is 8.32 Å². The molecule has 2 nitrogen and oxygen atoms in total. The summed E-state index contributed by atoms with van der Waals surface area (Å²) in [4.78, 5) is 11.8. The van der Waals surface area contributed by atoms with Crippen molar-refractivity contribution in [1.82, 2.24) is 0 Å². The van der Waals surface area contributed by atoms with Gasteiger partial charge in [0, 0.05) is 6.92 Å². The van der Waals surface area contributed by atoms with Gasteiger partial charge in [-0.25, -0.2) is 0 Å². The van der Waals surface area contributed by atoms with E-state index in [9.17, 15) is 4.79 Å². The molecule has 0 spiro atoms. The fourth-order valence-electron chi connectivity index (χ4n) is 2.71.